The molecule has 1 amide bonds. The van der Waals surface area contributed by atoms with Crippen molar-refractivity contribution in [3.63, 3.8) is 0 Å². The lowest BCUT2D eigenvalue weighted by Crippen LogP contribution is -2.54. The molecule has 0 bridgehead atoms. The fourth-order valence-electron chi connectivity index (χ4n) is 5.12. The van der Waals surface area contributed by atoms with Gasteiger partial charge in [-0.2, -0.15) is 4.98 Å². The van der Waals surface area contributed by atoms with Gasteiger partial charge >= 0.3 is 5.69 Å². The first-order valence-electron chi connectivity index (χ1n) is 12.8. The number of nitrogens with zero attached hydrogens (tertiary/aromatic N) is 6. The van der Waals surface area contributed by atoms with Crippen molar-refractivity contribution < 1.29 is 27.1 Å². The van der Waals surface area contributed by atoms with Gasteiger partial charge in [0.2, 0.25) is 5.91 Å². The maximum atomic E-state index is 15.8. The maximum absolute atomic E-state index is 15.8. The number of aryl methyl sites for hydroxylation is 1. The van der Waals surface area contributed by atoms with Crippen LogP contribution in [0.1, 0.15) is 12.5 Å². The van der Waals surface area contributed by atoms with Crippen molar-refractivity contribution in [1.29, 1.82) is 0 Å². The number of piperazine rings is 1. The number of halogens is 2. The van der Waals surface area contributed by atoms with Gasteiger partial charge in [-0.05, 0) is 49.8 Å². The highest BCUT2D eigenvalue weighted by Crippen LogP contribution is 2.36. The Morgan fingerprint density at radius 1 is 1.17 bits per heavy atom. The molecule has 0 aliphatic carbocycles. The predicted octanol–water partition coefficient (Wildman–Crippen LogP) is 2.76. The van der Waals surface area contributed by atoms with E-state index in [0.29, 0.717) is 5.56 Å². The summed E-state index contributed by atoms with van der Waals surface area (Å²) in [7, 11) is -3.99. The highest BCUT2D eigenvalue weighted by atomic mass is 32.2. The molecule has 5 rings (SSSR count). The number of pyridine rings is 2. The van der Waals surface area contributed by atoms with Crippen LogP contribution in [0.15, 0.2) is 59.0 Å². The summed E-state index contributed by atoms with van der Waals surface area (Å²) in [6, 6.07) is 5.54. The highest BCUT2D eigenvalue weighted by Gasteiger charge is 2.31. The molecule has 14 heteroatoms. The Balaban J connectivity index is 1.86. The predicted molar refractivity (Wildman–Crippen MR) is 151 cm³/mol. The topological polar surface area (TPSA) is 139 Å². The molecule has 4 heterocycles. The first kappa shape index (κ1) is 28.8. The molecule has 0 spiro atoms. The quantitative estimate of drug-likeness (QED) is 0.345. The number of amides is 1. The third-order valence-electron chi connectivity index (χ3n) is 7.08. The summed E-state index contributed by atoms with van der Waals surface area (Å²) in [5.41, 5.74) is -2.13. The molecule has 1 aliphatic rings. The molecule has 1 saturated heterocycles. The Hall–Kier alpha value is -4.72. The maximum Gasteiger partial charge on any atom is 0.355 e. The lowest BCUT2D eigenvalue weighted by Gasteiger charge is -2.40. The molecule has 1 fully saturated rings. The monoisotopic (exact) mass is 596 g/mol. The molecule has 4 aromatic rings. The Kier molecular flexibility index (Phi) is 7.27. The molecule has 42 heavy (non-hydrogen) atoms. The lowest BCUT2D eigenvalue weighted by molar-refractivity contribution is -0.126. The van der Waals surface area contributed by atoms with Gasteiger partial charge in [-0.25, -0.2) is 36.5 Å². The van der Waals surface area contributed by atoms with E-state index in [9.17, 15) is 27.5 Å². The number of aromatic nitrogens is 4. The molecule has 0 unspecified atom stereocenters. The summed E-state index contributed by atoms with van der Waals surface area (Å²) in [4.78, 5) is 41.8. The Labute approximate surface area is 239 Å². The van der Waals surface area contributed by atoms with Gasteiger partial charge in [0.15, 0.2) is 26.3 Å². The van der Waals surface area contributed by atoms with E-state index < -0.39 is 49.2 Å². The second kappa shape index (κ2) is 10.6. The van der Waals surface area contributed by atoms with Crippen LogP contribution in [0, 0.1) is 18.6 Å². The summed E-state index contributed by atoms with van der Waals surface area (Å²) in [5.74, 6) is -2.79. The number of aromatic hydroxyl groups is 1. The molecule has 1 N–H and O–H groups in total. The molecular formula is C28H26F2N6O5S. The molecule has 0 saturated carbocycles. The molecule has 1 atom stereocenters. The van der Waals surface area contributed by atoms with Gasteiger partial charge in [-0.3, -0.25) is 4.79 Å². The number of anilines is 1. The second-order valence-corrected chi connectivity index (χ2v) is 11.9. The number of carbonyl (C=O) groups is 1. The van der Waals surface area contributed by atoms with E-state index in [1.165, 1.54) is 24.4 Å². The number of hydrogen-bond acceptors (Lipinski definition) is 9. The van der Waals surface area contributed by atoms with Crippen molar-refractivity contribution in [2.75, 3.05) is 30.8 Å². The van der Waals surface area contributed by atoms with E-state index in [4.69, 9.17) is 0 Å². The van der Waals surface area contributed by atoms with Gasteiger partial charge in [0.1, 0.15) is 23.1 Å². The molecule has 1 aliphatic heterocycles. The Morgan fingerprint density at radius 3 is 2.55 bits per heavy atom. The summed E-state index contributed by atoms with van der Waals surface area (Å²) >= 11 is 0. The van der Waals surface area contributed by atoms with E-state index in [-0.39, 0.29) is 54.1 Å². The van der Waals surface area contributed by atoms with Gasteiger partial charge < -0.3 is 14.9 Å². The van der Waals surface area contributed by atoms with Gasteiger partial charge in [0.05, 0.1) is 16.6 Å². The number of benzene rings is 1. The molecule has 3 aromatic heterocycles. The number of sulfone groups is 1. The zero-order valence-corrected chi connectivity index (χ0v) is 23.7. The van der Waals surface area contributed by atoms with Crippen LogP contribution in [0.3, 0.4) is 0 Å². The average molecular weight is 597 g/mol. The van der Waals surface area contributed by atoms with Crippen LogP contribution >= 0.6 is 0 Å². The normalized spacial score (nSPS) is 15.7. The number of rotatable bonds is 5. The third-order valence-corrected chi connectivity index (χ3v) is 8.08. The zero-order valence-electron chi connectivity index (χ0n) is 22.9. The summed E-state index contributed by atoms with van der Waals surface area (Å²) < 4.78 is 57.0. The molecule has 11 nitrogen and oxygen atoms in total. The number of hydrogen-bond donors (Lipinski definition) is 1. The number of carbonyl (C=O) groups excluding carboxylic acids is 1. The minimum atomic E-state index is -3.99. The standard InChI is InChI=1S/C28H26F2N6O5S/c1-5-21(38)34-11-12-35(16(3)14-34)25-17-13-19(30)23(22-18(29)7-6-8-20(22)37)32-26(17)36(28(39)33-25)24-15(2)9-10-31-27(24)42(4,40)41/h5-10,13,16,37H,1,11-12,14H2,2-4H3/t16-/m0/s1. The first-order valence-corrected chi connectivity index (χ1v) is 14.7. The van der Waals surface area contributed by atoms with Crippen molar-refractivity contribution in [2.45, 2.75) is 24.9 Å². The van der Waals surface area contributed by atoms with Gasteiger partial charge in [0.25, 0.3) is 0 Å². The van der Waals surface area contributed by atoms with E-state index in [1.807, 2.05) is 0 Å². The minimum absolute atomic E-state index is 0.0183. The first-order chi connectivity index (χ1) is 19.8. The third kappa shape index (κ3) is 4.87. The van der Waals surface area contributed by atoms with Crippen LogP contribution in [0.5, 0.6) is 5.75 Å². The Bertz CT molecular complexity index is 1930. The largest absolute Gasteiger partial charge is 0.507 e. The van der Waals surface area contributed by atoms with Gasteiger partial charge in [0, 0.05) is 38.1 Å². The van der Waals surface area contributed by atoms with Crippen LogP contribution in [-0.2, 0) is 14.6 Å². The lowest BCUT2D eigenvalue weighted by atomic mass is 10.1. The number of phenols is 1. The molecular weight excluding hydrogens is 570 g/mol. The molecule has 0 radical (unpaired) electrons. The van der Waals surface area contributed by atoms with Crippen molar-refractivity contribution in [3.05, 3.63) is 76.9 Å². The summed E-state index contributed by atoms with van der Waals surface area (Å²) in [6.45, 7) is 7.61. The fourth-order valence-corrected chi connectivity index (χ4v) is 5.97. The summed E-state index contributed by atoms with van der Waals surface area (Å²) in [6.07, 6.45) is 3.40. The van der Waals surface area contributed by atoms with Gasteiger partial charge in [-0.1, -0.05) is 12.6 Å². The molecule has 1 aromatic carbocycles. The molecule has 218 valence electrons. The fraction of sp³-hybridized carbons (Fsp3) is 0.250. The summed E-state index contributed by atoms with van der Waals surface area (Å²) in [5, 5.41) is 9.98. The second-order valence-electron chi connectivity index (χ2n) is 9.96. The van der Waals surface area contributed by atoms with Crippen molar-refractivity contribution in [1.82, 2.24) is 24.4 Å². The van der Waals surface area contributed by atoms with Crippen LogP contribution in [0.25, 0.3) is 28.0 Å². The highest BCUT2D eigenvalue weighted by molar-refractivity contribution is 7.90. The van der Waals surface area contributed by atoms with E-state index in [2.05, 4.69) is 21.5 Å². The van der Waals surface area contributed by atoms with Crippen molar-refractivity contribution in [2.24, 2.45) is 0 Å². The number of phenolic OH excluding ortho intramolecular Hbond substituents is 1. The van der Waals surface area contributed by atoms with Crippen LogP contribution in [0.4, 0.5) is 14.6 Å². The van der Waals surface area contributed by atoms with E-state index in [0.717, 1.165) is 29.0 Å². The SMILES string of the molecule is C=CC(=O)N1CCN(c2nc(=O)n(-c3c(C)ccnc3S(C)(=O)=O)c3nc(-c4c(O)cccc4F)c(F)cc23)[C@@H](C)C1. The van der Waals surface area contributed by atoms with Crippen molar-refractivity contribution >= 4 is 32.6 Å². The van der Waals surface area contributed by atoms with Crippen LogP contribution in [0.2, 0.25) is 0 Å². The van der Waals surface area contributed by atoms with E-state index in [1.54, 1.807) is 23.6 Å². The minimum Gasteiger partial charge on any atom is -0.507 e. The smallest absolute Gasteiger partial charge is 0.355 e. The van der Waals surface area contributed by atoms with Crippen LogP contribution in [-0.4, -0.2) is 75.8 Å². The van der Waals surface area contributed by atoms with E-state index >= 15 is 4.39 Å². The Morgan fingerprint density at radius 2 is 1.90 bits per heavy atom. The van der Waals surface area contributed by atoms with Crippen molar-refractivity contribution in [3.8, 4) is 22.7 Å². The average Bonchev–Trinajstić information content (AvgIpc) is 2.92. The van der Waals surface area contributed by atoms with Crippen LogP contribution < -0.4 is 10.6 Å². The number of fused-ring (bicyclic) bond motifs is 1. The zero-order chi connectivity index (χ0) is 30.5. The van der Waals surface area contributed by atoms with Gasteiger partial charge in [-0.15, -0.1) is 0 Å².